The summed E-state index contributed by atoms with van der Waals surface area (Å²) in [4.78, 5) is 29.1. The molecule has 0 aliphatic carbocycles. The summed E-state index contributed by atoms with van der Waals surface area (Å²) in [5, 5.41) is 2.96. The second kappa shape index (κ2) is 9.65. The molecule has 1 saturated heterocycles. The number of para-hydroxylation sites is 1. The van der Waals surface area contributed by atoms with E-state index in [-0.39, 0.29) is 36.1 Å². The number of rotatable bonds is 6. The Morgan fingerprint density at radius 3 is 2.55 bits per heavy atom. The SMILES string of the molecule is C[C@H](c1ccc(F)cc1)N(C)C(=O)CN1CCC[C@H](C(=O)Nc2ccccc2)C1. The van der Waals surface area contributed by atoms with Crippen molar-refractivity contribution in [3.05, 3.63) is 66.0 Å². The van der Waals surface area contributed by atoms with E-state index in [9.17, 15) is 14.0 Å². The Morgan fingerprint density at radius 2 is 1.86 bits per heavy atom. The lowest BCUT2D eigenvalue weighted by atomic mass is 9.97. The van der Waals surface area contributed by atoms with Crippen LogP contribution in [0.2, 0.25) is 0 Å². The Kier molecular flexibility index (Phi) is 6.99. The zero-order valence-corrected chi connectivity index (χ0v) is 17.0. The molecule has 3 rings (SSSR count). The molecule has 0 saturated carbocycles. The quantitative estimate of drug-likeness (QED) is 0.809. The van der Waals surface area contributed by atoms with Gasteiger partial charge in [-0.3, -0.25) is 14.5 Å². The number of nitrogens with one attached hydrogen (secondary N) is 1. The summed E-state index contributed by atoms with van der Waals surface area (Å²) in [6, 6.07) is 15.5. The molecule has 0 bridgehead atoms. The summed E-state index contributed by atoms with van der Waals surface area (Å²) >= 11 is 0. The number of carbonyl (C=O) groups excluding carboxylic acids is 2. The number of amides is 2. The number of carbonyl (C=O) groups is 2. The van der Waals surface area contributed by atoms with E-state index in [1.165, 1.54) is 12.1 Å². The van der Waals surface area contributed by atoms with Crippen LogP contribution in [0.15, 0.2) is 54.6 Å². The molecular weight excluding hydrogens is 369 g/mol. The Hall–Kier alpha value is -2.73. The number of anilines is 1. The van der Waals surface area contributed by atoms with Gasteiger partial charge in [0.1, 0.15) is 5.82 Å². The van der Waals surface area contributed by atoms with Crippen molar-refractivity contribution in [3.63, 3.8) is 0 Å². The number of piperidine rings is 1. The minimum Gasteiger partial charge on any atom is -0.338 e. The van der Waals surface area contributed by atoms with Gasteiger partial charge in [-0.2, -0.15) is 0 Å². The van der Waals surface area contributed by atoms with Gasteiger partial charge in [0.15, 0.2) is 0 Å². The third kappa shape index (κ3) is 5.64. The number of likely N-dealkylation sites (tertiary alicyclic amines) is 1. The first-order chi connectivity index (χ1) is 13.9. The molecule has 0 radical (unpaired) electrons. The summed E-state index contributed by atoms with van der Waals surface area (Å²) in [6.45, 7) is 3.58. The standard InChI is InChI=1S/C23H28FN3O2/c1-17(18-10-12-20(24)13-11-18)26(2)22(28)16-27-14-6-7-19(15-27)23(29)25-21-8-4-3-5-9-21/h3-5,8-13,17,19H,6-7,14-16H2,1-2H3,(H,25,29)/t17-,19+/m1/s1. The van der Waals surface area contributed by atoms with Crippen LogP contribution in [-0.2, 0) is 9.59 Å². The van der Waals surface area contributed by atoms with Crippen molar-refractivity contribution in [2.45, 2.75) is 25.8 Å². The van der Waals surface area contributed by atoms with E-state index in [2.05, 4.69) is 10.2 Å². The van der Waals surface area contributed by atoms with Gasteiger partial charge >= 0.3 is 0 Å². The van der Waals surface area contributed by atoms with Crippen LogP contribution in [0.25, 0.3) is 0 Å². The van der Waals surface area contributed by atoms with Crippen LogP contribution >= 0.6 is 0 Å². The van der Waals surface area contributed by atoms with Crippen molar-refractivity contribution in [1.82, 2.24) is 9.80 Å². The summed E-state index contributed by atoms with van der Waals surface area (Å²) in [7, 11) is 1.76. The van der Waals surface area contributed by atoms with Crippen LogP contribution in [0.4, 0.5) is 10.1 Å². The lowest BCUT2D eigenvalue weighted by molar-refractivity contribution is -0.134. The molecule has 0 spiro atoms. The fourth-order valence-corrected chi connectivity index (χ4v) is 3.66. The third-order valence-electron chi connectivity index (χ3n) is 5.60. The van der Waals surface area contributed by atoms with Crippen LogP contribution < -0.4 is 5.32 Å². The van der Waals surface area contributed by atoms with E-state index in [1.807, 2.05) is 37.3 Å². The van der Waals surface area contributed by atoms with E-state index < -0.39 is 0 Å². The largest absolute Gasteiger partial charge is 0.338 e. The van der Waals surface area contributed by atoms with Crippen molar-refractivity contribution in [3.8, 4) is 0 Å². The first-order valence-electron chi connectivity index (χ1n) is 10.0. The highest BCUT2D eigenvalue weighted by atomic mass is 19.1. The molecule has 2 aromatic rings. The van der Waals surface area contributed by atoms with Gasteiger partial charge in [-0.25, -0.2) is 4.39 Å². The Morgan fingerprint density at radius 1 is 1.17 bits per heavy atom. The monoisotopic (exact) mass is 397 g/mol. The molecule has 154 valence electrons. The number of hydrogen-bond acceptors (Lipinski definition) is 3. The molecule has 6 heteroatoms. The number of nitrogens with zero attached hydrogens (tertiary/aromatic N) is 2. The summed E-state index contributed by atoms with van der Waals surface area (Å²) in [5.41, 5.74) is 1.68. The van der Waals surface area contributed by atoms with Gasteiger partial charge in [-0.1, -0.05) is 30.3 Å². The molecule has 1 fully saturated rings. The van der Waals surface area contributed by atoms with Gasteiger partial charge in [-0.15, -0.1) is 0 Å². The molecule has 1 aliphatic rings. The van der Waals surface area contributed by atoms with Crippen molar-refractivity contribution in [1.29, 1.82) is 0 Å². The van der Waals surface area contributed by atoms with Crippen molar-refractivity contribution in [2.75, 3.05) is 32.0 Å². The van der Waals surface area contributed by atoms with Crippen LogP contribution in [-0.4, -0.2) is 48.3 Å². The predicted octanol–water partition coefficient (Wildman–Crippen LogP) is 3.70. The maximum absolute atomic E-state index is 13.1. The highest BCUT2D eigenvalue weighted by Crippen LogP contribution is 2.22. The van der Waals surface area contributed by atoms with Gasteiger partial charge in [0, 0.05) is 19.3 Å². The Labute approximate surface area is 171 Å². The van der Waals surface area contributed by atoms with E-state index in [4.69, 9.17) is 0 Å². The van der Waals surface area contributed by atoms with E-state index in [0.717, 1.165) is 30.6 Å². The second-order valence-electron chi connectivity index (χ2n) is 7.66. The fourth-order valence-electron chi connectivity index (χ4n) is 3.66. The lowest BCUT2D eigenvalue weighted by Crippen LogP contribution is -2.46. The molecule has 2 atom stereocenters. The molecule has 1 heterocycles. The smallest absolute Gasteiger partial charge is 0.236 e. The first-order valence-corrected chi connectivity index (χ1v) is 10.0. The van der Waals surface area contributed by atoms with Gasteiger partial charge < -0.3 is 10.2 Å². The predicted molar refractivity (Wildman–Crippen MR) is 112 cm³/mol. The minimum atomic E-state index is -0.289. The topological polar surface area (TPSA) is 52.7 Å². The summed E-state index contributed by atoms with van der Waals surface area (Å²) in [6.07, 6.45) is 1.71. The molecular formula is C23H28FN3O2. The number of hydrogen-bond donors (Lipinski definition) is 1. The maximum atomic E-state index is 13.1. The average Bonchev–Trinajstić information content (AvgIpc) is 2.74. The fraction of sp³-hybridized carbons (Fsp3) is 0.391. The van der Waals surface area contributed by atoms with Crippen molar-refractivity contribution < 1.29 is 14.0 Å². The molecule has 0 unspecified atom stereocenters. The first kappa shape index (κ1) is 21.0. The van der Waals surface area contributed by atoms with Gasteiger partial charge in [0.2, 0.25) is 11.8 Å². The highest BCUT2D eigenvalue weighted by molar-refractivity contribution is 5.92. The van der Waals surface area contributed by atoms with Gasteiger partial charge in [0.25, 0.3) is 0 Å². The molecule has 0 aromatic heterocycles. The average molecular weight is 397 g/mol. The number of benzene rings is 2. The van der Waals surface area contributed by atoms with Crippen LogP contribution in [0, 0.1) is 11.7 Å². The zero-order valence-electron chi connectivity index (χ0n) is 17.0. The lowest BCUT2D eigenvalue weighted by Gasteiger charge is -2.33. The Balaban J connectivity index is 1.54. The van der Waals surface area contributed by atoms with E-state index in [0.29, 0.717) is 6.54 Å². The number of halogens is 1. The number of likely N-dealkylation sites (N-methyl/N-ethyl adjacent to an activating group) is 1. The van der Waals surface area contributed by atoms with E-state index >= 15 is 0 Å². The maximum Gasteiger partial charge on any atom is 0.236 e. The zero-order chi connectivity index (χ0) is 20.8. The third-order valence-corrected chi connectivity index (χ3v) is 5.60. The molecule has 1 N–H and O–H groups in total. The van der Waals surface area contributed by atoms with Gasteiger partial charge in [0.05, 0.1) is 18.5 Å². The van der Waals surface area contributed by atoms with Crippen LogP contribution in [0.3, 0.4) is 0 Å². The van der Waals surface area contributed by atoms with Crippen molar-refractivity contribution >= 4 is 17.5 Å². The van der Waals surface area contributed by atoms with E-state index in [1.54, 1.807) is 24.1 Å². The highest BCUT2D eigenvalue weighted by Gasteiger charge is 2.28. The molecule has 29 heavy (non-hydrogen) atoms. The van der Waals surface area contributed by atoms with Gasteiger partial charge in [-0.05, 0) is 56.1 Å². The normalized spacial score (nSPS) is 18.1. The second-order valence-corrected chi connectivity index (χ2v) is 7.66. The summed E-state index contributed by atoms with van der Waals surface area (Å²) < 4.78 is 13.1. The molecule has 5 nitrogen and oxygen atoms in total. The Bertz CT molecular complexity index is 826. The van der Waals surface area contributed by atoms with Crippen LogP contribution in [0.5, 0.6) is 0 Å². The molecule has 2 amide bonds. The minimum absolute atomic E-state index is 0.00128. The van der Waals surface area contributed by atoms with Crippen molar-refractivity contribution in [2.24, 2.45) is 5.92 Å². The molecule has 2 aromatic carbocycles. The van der Waals surface area contributed by atoms with Crippen LogP contribution in [0.1, 0.15) is 31.4 Å². The summed E-state index contributed by atoms with van der Waals surface area (Å²) in [5.74, 6) is -0.424. The molecule has 1 aliphatic heterocycles.